The first kappa shape index (κ1) is 70.9. The normalized spacial score (nSPS) is 14.0. The van der Waals surface area contributed by atoms with Gasteiger partial charge in [0.25, 0.3) is 0 Å². The molecular weight excluding hydrogens is 942 g/mol. The number of unbranched alkanes of at least 4 members (excludes halogenated alkanes) is 24. The third-order valence-electron chi connectivity index (χ3n) is 12.6. The highest BCUT2D eigenvalue weighted by atomic mass is 31.2. The Morgan fingerprint density at radius 1 is 0.432 bits per heavy atom. The van der Waals surface area contributed by atoms with E-state index >= 15 is 0 Å². The number of hydrogen-bond donors (Lipinski definition) is 1. The lowest BCUT2D eigenvalue weighted by molar-refractivity contribution is -0.870. The van der Waals surface area contributed by atoms with E-state index in [1.165, 1.54) is 122 Å². The van der Waals surface area contributed by atoms with Crippen LogP contribution in [0, 0.1) is 0 Å². The number of carbonyl (C=O) groups excluding carboxylic acids is 2. The van der Waals surface area contributed by atoms with Gasteiger partial charge in [-0.1, -0.05) is 233 Å². The lowest BCUT2D eigenvalue weighted by Gasteiger charge is -2.24. The van der Waals surface area contributed by atoms with Gasteiger partial charge in [0.1, 0.15) is 19.8 Å². The van der Waals surface area contributed by atoms with Gasteiger partial charge in [-0.25, -0.2) is 4.57 Å². The molecule has 0 aliphatic carbocycles. The quantitative estimate of drug-likeness (QED) is 0.0211. The molecule has 0 amide bonds. The molecule has 0 aliphatic rings. The first-order valence-electron chi connectivity index (χ1n) is 30.0. The summed E-state index contributed by atoms with van der Waals surface area (Å²) in [6.45, 7) is 4.30. The van der Waals surface area contributed by atoms with Gasteiger partial charge >= 0.3 is 19.8 Å². The van der Waals surface area contributed by atoms with Crippen LogP contribution in [0.1, 0.15) is 245 Å². The number of allylic oxidation sites excluding steroid dienone is 16. The fourth-order valence-corrected chi connectivity index (χ4v) is 8.73. The van der Waals surface area contributed by atoms with Crippen LogP contribution in [-0.2, 0) is 32.7 Å². The zero-order chi connectivity index (χ0) is 54.2. The first-order chi connectivity index (χ1) is 36.0. The van der Waals surface area contributed by atoms with E-state index in [1.807, 2.05) is 21.1 Å². The fourth-order valence-electron chi connectivity index (χ4n) is 7.99. The number of likely N-dealkylation sites (N-methyl/N-ethyl adjacent to an activating group) is 1. The van der Waals surface area contributed by atoms with Crippen molar-refractivity contribution < 1.29 is 42.1 Å². The van der Waals surface area contributed by atoms with Crippen molar-refractivity contribution in [2.24, 2.45) is 0 Å². The van der Waals surface area contributed by atoms with Gasteiger partial charge in [0.2, 0.25) is 0 Å². The molecule has 0 bridgehead atoms. The van der Waals surface area contributed by atoms with Crippen LogP contribution in [0.4, 0.5) is 0 Å². The molecule has 0 aromatic carbocycles. The molecular formula is C64H113NO8P+. The van der Waals surface area contributed by atoms with Crippen LogP contribution in [0.3, 0.4) is 0 Å². The Hall–Kier alpha value is -3.07. The minimum atomic E-state index is -4.40. The SMILES string of the molecule is CC/C=C\C/C=C\C/C=C\C/C=C\C/C=C\CCCCCCCCCCCC(=O)OC(COC(=O)CCCCCCCCCCCC/C=C\C/C=C\C/C=C\CCCCCCC)COP(=O)(O)OCC[N+](C)(C)C. The van der Waals surface area contributed by atoms with Gasteiger partial charge in [-0.2, -0.15) is 0 Å². The molecule has 0 spiro atoms. The Morgan fingerprint density at radius 2 is 0.770 bits per heavy atom. The number of ether oxygens (including phenoxy) is 2. The first-order valence-corrected chi connectivity index (χ1v) is 31.5. The summed E-state index contributed by atoms with van der Waals surface area (Å²) in [6, 6.07) is 0. The van der Waals surface area contributed by atoms with Gasteiger partial charge in [-0.15, -0.1) is 0 Å². The monoisotopic (exact) mass is 1050 g/mol. The van der Waals surface area contributed by atoms with Crippen LogP contribution in [0.15, 0.2) is 97.2 Å². The Labute approximate surface area is 455 Å². The largest absolute Gasteiger partial charge is 0.472 e. The number of rotatable bonds is 54. The van der Waals surface area contributed by atoms with Crippen molar-refractivity contribution in [3.05, 3.63) is 97.2 Å². The number of hydrogen-bond acceptors (Lipinski definition) is 7. The van der Waals surface area contributed by atoms with Crippen LogP contribution in [-0.4, -0.2) is 74.9 Å². The number of esters is 2. The molecule has 0 saturated heterocycles. The predicted molar refractivity (Wildman–Crippen MR) is 316 cm³/mol. The lowest BCUT2D eigenvalue weighted by Crippen LogP contribution is -2.37. The Morgan fingerprint density at radius 3 is 1.15 bits per heavy atom. The van der Waals surface area contributed by atoms with Gasteiger partial charge in [-0.3, -0.25) is 18.6 Å². The molecule has 0 radical (unpaired) electrons. The molecule has 0 saturated carbocycles. The topological polar surface area (TPSA) is 108 Å². The molecule has 0 aromatic heterocycles. The van der Waals surface area contributed by atoms with E-state index in [0.717, 1.165) is 89.9 Å². The van der Waals surface area contributed by atoms with Crippen molar-refractivity contribution in [2.45, 2.75) is 251 Å². The Balaban J connectivity index is 4.20. The predicted octanol–water partition coefficient (Wildman–Crippen LogP) is 18.8. The second kappa shape index (κ2) is 54.7. The van der Waals surface area contributed by atoms with E-state index in [-0.39, 0.29) is 32.0 Å². The van der Waals surface area contributed by atoms with Crippen LogP contribution in [0.5, 0.6) is 0 Å². The molecule has 74 heavy (non-hydrogen) atoms. The summed E-state index contributed by atoms with van der Waals surface area (Å²) in [5, 5.41) is 0. The van der Waals surface area contributed by atoms with Gasteiger partial charge < -0.3 is 18.9 Å². The summed E-state index contributed by atoms with van der Waals surface area (Å²) in [5.74, 6) is -0.810. The molecule has 426 valence electrons. The number of quaternary nitrogens is 1. The lowest BCUT2D eigenvalue weighted by atomic mass is 10.0. The van der Waals surface area contributed by atoms with Crippen molar-refractivity contribution in [2.75, 3.05) is 47.5 Å². The number of phosphoric acid groups is 1. The van der Waals surface area contributed by atoms with Crippen LogP contribution < -0.4 is 0 Å². The number of nitrogens with zero attached hydrogens (tertiary/aromatic N) is 1. The molecule has 10 heteroatoms. The van der Waals surface area contributed by atoms with E-state index < -0.39 is 26.5 Å². The summed E-state index contributed by atoms with van der Waals surface area (Å²) in [7, 11) is 1.46. The third-order valence-corrected chi connectivity index (χ3v) is 13.6. The average Bonchev–Trinajstić information content (AvgIpc) is 3.36. The summed E-state index contributed by atoms with van der Waals surface area (Å²) in [6.07, 6.45) is 74.7. The van der Waals surface area contributed by atoms with Crippen LogP contribution in [0.2, 0.25) is 0 Å². The highest BCUT2D eigenvalue weighted by Gasteiger charge is 2.27. The van der Waals surface area contributed by atoms with E-state index in [9.17, 15) is 19.0 Å². The van der Waals surface area contributed by atoms with Crippen molar-refractivity contribution in [3.63, 3.8) is 0 Å². The average molecular weight is 1060 g/mol. The summed E-state index contributed by atoms with van der Waals surface area (Å²) >= 11 is 0. The Bertz CT molecular complexity index is 1570. The van der Waals surface area contributed by atoms with Crippen LogP contribution >= 0.6 is 7.82 Å². The zero-order valence-electron chi connectivity index (χ0n) is 48.3. The number of phosphoric ester groups is 1. The van der Waals surface area contributed by atoms with Gasteiger partial charge in [0.15, 0.2) is 6.10 Å². The Kier molecular flexibility index (Phi) is 52.4. The standard InChI is InChI=1S/C64H112NO8P/c1-6-8-10-12-14-16-18-20-22-24-26-28-30-32-34-36-38-40-42-44-46-48-50-52-54-56-63(66)70-60-62(61-72-74(68,69)71-59-58-65(3,4)5)73-64(67)57-55-53-51-49-47-45-43-41-39-37-35-33-31-29-27-25-23-21-19-17-15-13-11-9-7-2/h9,11,15,17-18,20-21,23-24,26-27,29-30,32-33,35,62H,6-8,10,12-14,16,19,22,25,28,31,34,36-61H2,1-5H3/p+1/b11-9-,17-15-,20-18-,23-21-,26-24-,29-27-,32-30-,35-33-. The maximum atomic E-state index is 12.8. The van der Waals surface area contributed by atoms with Crippen LogP contribution in [0.25, 0.3) is 0 Å². The van der Waals surface area contributed by atoms with Gasteiger partial charge in [0, 0.05) is 12.8 Å². The van der Waals surface area contributed by atoms with Gasteiger partial charge in [0.05, 0.1) is 27.7 Å². The summed E-state index contributed by atoms with van der Waals surface area (Å²) < 4.78 is 34.6. The van der Waals surface area contributed by atoms with Crippen molar-refractivity contribution in [1.29, 1.82) is 0 Å². The van der Waals surface area contributed by atoms with E-state index in [2.05, 4.69) is 111 Å². The maximum Gasteiger partial charge on any atom is 0.472 e. The van der Waals surface area contributed by atoms with E-state index in [4.69, 9.17) is 18.5 Å². The number of carbonyl (C=O) groups is 2. The minimum Gasteiger partial charge on any atom is -0.462 e. The summed E-state index contributed by atoms with van der Waals surface area (Å²) in [5.41, 5.74) is 0. The zero-order valence-corrected chi connectivity index (χ0v) is 49.2. The smallest absolute Gasteiger partial charge is 0.462 e. The highest BCUT2D eigenvalue weighted by molar-refractivity contribution is 7.47. The van der Waals surface area contributed by atoms with E-state index in [1.54, 1.807) is 0 Å². The fraction of sp³-hybridized carbons (Fsp3) is 0.719. The molecule has 0 heterocycles. The minimum absolute atomic E-state index is 0.0251. The molecule has 0 rings (SSSR count). The molecule has 0 aliphatic heterocycles. The molecule has 2 atom stereocenters. The second-order valence-corrected chi connectivity index (χ2v) is 22.5. The van der Waals surface area contributed by atoms with Crippen molar-refractivity contribution in [3.8, 4) is 0 Å². The maximum absolute atomic E-state index is 12.8. The molecule has 9 nitrogen and oxygen atoms in total. The van der Waals surface area contributed by atoms with E-state index in [0.29, 0.717) is 17.4 Å². The molecule has 0 aromatic rings. The molecule has 2 unspecified atom stereocenters. The van der Waals surface area contributed by atoms with Crippen molar-refractivity contribution in [1.82, 2.24) is 0 Å². The molecule has 1 N–H and O–H groups in total. The third kappa shape index (κ3) is 58.2. The second-order valence-electron chi connectivity index (χ2n) is 21.0. The molecule has 0 fully saturated rings. The summed E-state index contributed by atoms with van der Waals surface area (Å²) in [4.78, 5) is 35.7. The highest BCUT2D eigenvalue weighted by Crippen LogP contribution is 2.43. The van der Waals surface area contributed by atoms with Crippen molar-refractivity contribution >= 4 is 19.8 Å². The van der Waals surface area contributed by atoms with Gasteiger partial charge in [-0.05, 0) is 96.3 Å².